The standard InChI is InChI=1S/C14H32BS/c1-5-8-11-15(14-16-4,12-9-6-2)13-10-7-3/h5-14H2,1-4H3/q-1. The maximum Gasteiger partial charge on any atom is 0.0108 e. The molecule has 0 atom stereocenters. The van der Waals surface area contributed by atoms with Gasteiger partial charge in [0.15, 0.2) is 0 Å². The van der Waals surface area contributed by atoms with Gasteiger partial charge in [0, 0.05) is 6.15 Å². The van der Waals surface area contributed by atoms with E-state index in [4.69, 9.17) is 0 Å². The largest absolute Gasteiger partial charge is 0.204 e. The molecule has 0 aromatic rings. The Morgan fingerprint density at radius 3 is 1.38 bits per heavy atom. The highest BCUT2D eigenvalue weighted by Gasteiger charge is 2.22. The molecule has 16 heavy (non-hydrogen) atoms. The van der Waals surface area contributed by atoms with Crippen LogP contribution in [0.2, 0.25) is 19.0 Å². The lowest BCUT2D eigenvalue weighted by Gasteiger charge is -2.39. The third-order valence-electron chi connectivity index (χ3n) is 4.03. The maximum atomic E-state index is 2.33. The summed E-state index contributed by atoms with van der Waals surface area (Å²) in [4.78, 5) is 0. The van der Waals surface area contributed by atoms with E-state index in [0.29, 0.717) is 0 Å². The topological polar surface area (TPSA) is 0 Å². The van der Waals surface area contributed by atoms with Crippen molar-refractivity contribution in [2.75, 3.05) is 11.9 Å². The molecule has 0 fully saturated rings. The summed E-state index contributed by atoms with van der Waals surface area (Å²) in [6.45, 7) is 7.00. The third-order valence-corrected chi connectivity index (χ3v) is 5.07. The maximum absolute atomic E-state index is 2.33. The summed E-state index contributed by atoms with van der Waals surface area (Å²) in [5.74, 6) is 0. The van der Waals surface area contributed by atoms with Crippen LogP contribution in [0.5, 0.6) is 0 Å². The second-order valence-electron chi connectivity index (χ2n) is 5.61. The van der Waals surface area contributed by atoms with Crippen molar-refractivity contribution in [2.45, 2.75) is 78.3 Å². The van der Waals surface area contributed by atoms with Crippen LogP contribution in [0.3, 0.4) is 0 Å². The highest BCUT2D eigenvalue weighted by molar-refractivity contribution is 8.00. The molecule has 0 amide bonds. The fourth-order valence-electron chi connectivity index (χ4n) is 2.95. The smallest absolute Gasteiger partial charge is 0.0108 e. The fraction of sp³-hybridized carbons (Fsp3) is 1.00. The molecular formula is C14H32BS-. The summed E-state index contributed by atoms with van der Waals surface area (Å²) in [6.07, 6.45) is 15.3. The number of thioether (sulfide) groups is 1. The monoisotopic (exact) mass is 243 g/mol. The number of hydrogen-bond acceptors (Lipinski definition) is 1. The zero-order chi connectivity index (χ0) is 12.3. The molecule has 0 aromatic carbocycles. The van der Waals surface area contributed by atoms with Gasteiger partial charge in [0.2, 0.25) is 0 Å². The second kappa shape index (κ2) is 10.6. The molecule has 0 aliphatic rings. The first-order chi connectivity index (χ1) is 7.74. The van der Waals surface area contributed by atoms with Gasteiger partial charge in [-0.2, -0.15) is 19.0 Å². The van der Waals surface area contributed by atoms with Crippen molar-refractivity contribution >= 4 is 17.9 Å². The van der Waals surface area contributed by atoms with Gasteiger partial charge in [0.25, 0.3) is 0 Å². The van der Waals surface area contributed by atoms with Crippen LogP contribution in [0, 0.1) is 0 Å². The lowest BCUT2D eigenvalue weighted by molar-refractivity contribution is 0.794. The quantitative estimate of drug-likeness (QED) is 0.417. The van der Waals surface area contributed by atoms with Crippen LogP contribution in [-0.4, -0.2) is 18.1 Å². The van der Waals surface area contributed by atoms with E-state index in [0.717, 1.165) is 0 Å². The van der Waals surface area contributed by atoms with Crippen molar-refractivity contribution in [1.29, 1.82) is 0 Å². The van der Waals surface area contributed by atoms with Gasteiger partial charge in [-0.1, -0.05) is 59.3 Å². The highest BCUT2D eigenvalue weighted by Crippen LogP contribution is 2.30. The lowest BCUT2D eigenvalue weighted by atomic mass is 9.20. The van der Waals surface area contributed by atoms with E-state index in [1.165, 1.54) is 63.1 Å². The van der Waals surface area contributed by atoms with Crippen molar-refractivity contribution in [3.8, 4) is 0 Å². The van der Waals surface area contributed by atoms with E-state index in [-0.39, 0.29) is 6.15 Å². The van der Waals surface area contributed by atoms with Crippen LogP contribution >= 0.6 is 11.8 Å². The molecule has 0 saturated carbocycles. The SMILES string of the molecule is CCCC[B-](CCCC)(CCCC)CSC. The molecule has 0 radical (unpaired) electrons. The van der Waals surface area contributed by atoms with E-state index in [1.807, 2.05) is 0 Å². The van der Waals surface area contributed by atoms with Gasteiger partial charge in [-0.15, -0.1) is 5.65 Å². The molecule has 0 unspecified atom stereocenters. The molecule has 0 aliphatic carbocycles. The fourth-order valence-corrected chi connectivity index (χ4v) is 4.16. The zero-order valence-electron chi connectivity index (χ0n) is 12.1. The summed E-state index contributed by atoms with van der Waals surface area (Å²) in [5.41, 5.74) is 1.44. The zero-order valence-corrected chi connectivity index (χ0v) is 12.9. The Labute approximate surface area is 108 Å². The van der Waals surface area contributed by atoms with Crippen LogP contribution in [0.4, 0.5) is 0 Å². The van der Waals surface area contributed by atoms with Crippen molar-refractivity contribution in [3.05, 3.63) is 0 Å². The Hall–Kier alpha value is 0.415. The molecule has 0 rings (SSSR count). The average Bonchev–Trinajstić information content (AvgIpc) is 2.31. The first-order valence-corrected chi connectivity index (χ1v) is 8.85. The minimum atomic E-state index is -0.0355. The van der Waals surface area contributed by atoms with Crippen LogP contribution in [0.1, 0.15) is 59.3 Å². The molecule has 0 aromatic heterocycles. The van der Waals surface area contributed by atoms with Gasteiger partial charge in [0.1, 0.15) is 0 Å². The average molecular weight is 243 g/mol. The summed E-state index contributed by atoms with van der Waals surface area (Å²) in [5, 5.41) is 0. The molecule has 0 N–H and O–H groups in total. The molecule has 98 valence electrons. The first-order valence-electron chi connectivity index (χ1n) is 7.45. The molecule has 0 aliphatic heterocycles. The summed E-state index contributed by atoms with van der Waals surface area (Å²) >= 11 is 2.09. The van der Waals surface area contributed by atoms with Crippen LogP contribution in [-0.2, 0) is 0 Å². The lowest BCUT2D eigenvalue weighted by Crippen LogP contribution is -2.37. The summed E-state index contributed by atoms with van der Waals surface area (Å²) < 4.78 is 0. The molecule has 0 bridgehead atoms. The van der Waals surface area contributed by atoms with Crippen molar-refractivity contribution in [1.82, 2.24) is 0 Å². The Balaban J connectivity index is 4.32. The number of unbranched alkanes of at least 4 members (excludes halogenated alkanes) is 3. The van der Waals surface area contributed by atoms with Crippen LogP contribution in [0.25, 0.3) is 0 Å². The normalized spacial score (nSPS) is 12.0. The second-order valence-corrected chi connectivity index (χ2v) is 6.52. The Morgan fingerprint density at radius 1 is 0.750 bits per heavy atom. The van der Waals surface area contributed by atoms with Gasteiger partial charge in [-0.3, -0.25) is 0 Å². The highest BCUT2D eigenvalue weighted by atomic mass is 32.2. The molecule has 0 saturated heterocycles. The minimum Gasteiger partial charge on any atom is -0.204 e. The summed E-state index contributed by atoms with van der Waals surface area (Å²) in [6, 6.07) is 0. The van der Waals surface area contributed by atoms with Gasteiger partial charge in [-0.25, -0.2) is 11.8 Å². The molecular weight excluding hydrogens is 211 g/mol. The third kappa shape index (κ3) is 6.88. The van der Waals surface area contributed by atoms with Gasteiger partial charge in [0.05, 0.1) is 0 Å². The molecule has 0 nitrogen and oxygen atoms in total. The van der Waals surface area contributed by atoms with Gasteiger partial charge in [-0.05, 0) is 6.26 Å². The summed E-state index contributed by atoms with van der Waals surface area (Å²) in [7, 11) is 0. The van der Waals surface area contributed by atoms with E-state index < -0.39 is 0 Å². The number of hydrogen-bond donors (Lipinski definition) is 0. The minimum absolute atomic E-state index is 0.0355. The predicted molar refractivity (Wildman–Crippen MR) is 83.3 cm³/mol. The van der Waals surface area contributed by atoms with E-state index in [1.54, 1.807) is 0 Å². The first kappa shape index (κ1) is 16.4. The van der Waals surface area contributed by atoms with Crippen molar-refractivity contribution in [2.24, 2.45) is 0 Å². The Bertz CT molecular complexity index is 126. The van der Waals surface area contributed by atoms with Crippen LogP contribution < -0.4 is 0 Å². The Morgan fingerprint density at radius 2 is 1.12 bits per heavy atom. The Kier molecular flexibility index (Phi) is 10.8. The molecule has 0 heterocycles. The van der Waals surface area contributed by atoms with Gasteiger partial charge < -0.3 is 0 Å². The predicted octanol–water partition coefficient (Wildman–Crippen LogP) is 5.74. The van der Waals surface area contributed by atoms with Crippen molar-refractivity contribution in [3.63, 3.8) is 0 Å². The molecule has 2 heteroatoms. The number of rotatable bonds is 11. The van der Waals surface area contributed by atoms with Crippen LogP contribution in [0.15, 0.2) is 0 Å². The van der Waals surface area contributed by atoms with Gasteiger partial charge >= 0.3 is 0 Å². The van der Waals surface area contributed by atoms with E-state index >= 15 is 0 Å². The molecule has 0 spiro atoms. The van der Waals surface area contributed by atoms with Crippen molar-refractivity contribution < 1.29 is 0 Å². The van der Waals surface area contributed by atoms with E-state index in [2.05, 4.69) is 38.8 Å². The van der Waals surface area contributed by atoms with E-state index in [9.17, 15) is 0 Å².